The molecule has 104 valence electrons. The number of carbonyl (C=O) groups is 1. The molecule has 0 heterocycles. The molecule has 1 saturated carbocycles. The lowest BCUT2D eigenvalue weighted by atomic mass is 10.0. The van der Waals surface area contributed by atoms with Crippen LogP contribution < -0.4 is 5.32 Å². The van der Waals surface area contributed by atoms with Crippen molar-refractivity contribution in [1.29, 1.82) is 0 Å². The Balaban J connectivity index is 2.11. The summed E-state index contributed by atoms with van der Waals surface area (Å²) in [6.45, 7) is 0.129. The molecular formula is C14H18ClNO2S. The highest BCUT2D eigenvalue weighted by Gasteiger charge is 2.28. The van der Waals surface area contributed by atoms with Crippen LogP contribution in [0.3, 0.4) is 0 Å². The van der Waals surface area contributed by atoms with Crippen LogP contribution in [0.1, 0.15) is 29.6 Å². The summed E-state index contributed by atoms with van der Waals surface area (Å²) in [7, 11) is 0. The Morgan fingerprint density at radius 2 is 2.32 bits per heavy atom. The zero-order valence-corrected chi connectivity index (χ0v) is 12.4. The molecule has 1 aliphatic rings. The standard InChI is InChI=1S/C14H18ClNO2S/c1-19-10-5-6-12(15)11(7-10)14(18)16-13-4-2-3-9(13)8-17/h5-7,9,13,17H,2-4,8H2,1H3,(H,16,18). The first kappa shape index (κ1) is 14.7. The molecule has 0 radical (unpaired) electrons. The Hall–Kier alpha value is -0.710. The molecule has 5 heteroatoms. The summed E-state index contributed by atoms with van der Waals surface area (Å²) in [4.78, 5) is 13.3. The summed E-state index contributed by atoms with van der Waals surface area (Å²) in [5.74, 6) is 0.0257. The zero-order chi connectivity index (χ0) is 13.8. The van der Waals surface area contributed by atoms with Crippen molar-refractivity contribution < 1.29 is 9.90 Å². The Morgan fingerprint density at radius 1 is 1.53 bits per heavy atom. The van der Waals surface area contributed by atoms with Crippen LogP contribution in [0.2, 0.25) is 5.02 Å². The quantitative estimate of drug-likeness (QED) is 0.841. The molecule has 2 atom stereocenters. The summed E-state index contributed by atoms with van der Waals surface area (Å²) < 4.78 is 0. The minimum atomic E-state index is -0.147. The minimum absolute atomic E-state index is 0.0616. The zero-order valence-electron chi connectivity index (χ0n) is 10.9. The number of aliphatic hydroxyl groups is 1. The third kappa shape index (κ3) is 3.44. The van der Waals surface area contributed by atoms with Gasteiger partial charge in [0.25, 0.3) is 5.91 Å². The van der Waals surface area contributed by atoms with Crippen molar-refractivity contribution >= 4 is 29.3 Å². The number of amides is 1. The Labute approximate surface area is 122 Å². The number of carbonyl (C=O) groups excluding carboxylic acids is 1. The van der Waals surface area contributed by atoms with Gasteiger partial charge in [0.1, 0.15) is 0 Å². The van der Waals surface area contributed by atoms with Crippen LogP contribution in [0, 0.1) is 5.92 Å². The first-order valence-electron chi connectivity index (χ1n) is 6.41. The summed E-state index contributed by atoms with van der Waals surface area (Å²) in [5, 5.41) is 12.7. The summed E-state index contributed by atoms with van der Waals surface area (Å²) in [6.07, 6.45) is 4.91. The number of hydrogen-bond donors (Lipinski definition) is 2. The fourth-order valence-electron chi connectivity index (χ4n) is 2.50. The molecule has 2 N–H and O–H groups in total. The molecule has 3 nitrogen and oxygen atoms in total. The largest absolute Gasteiger partial charge is 0.396 e. The molecule has 1 aromatic rings. The number of halogens is 1. The first-order chi connectivity index (χ1) is 9.15. The third-order valence-corrected chi connectivity index (χ3v) is 4.68. The first-order valence-corrected chi connectivity index (χ1v) is 8.01. The molecule has 0 bridgehead atoms. The van der Waals surface area contributed by atoms with Crippen molar-refractivity contribution in [1.82, 2.24) is 5.32 Å². The fourth-order valence-corrected chi connectivity index (χ4v) is 3.14. The number of hydrogen-bond acceptors (Lipinski definition) is 3. The molecule has 2 unspecified atom stereocenters. The van der Waals surface area contributed by atoms with E-state index in [9.17, 15) is 9.90 Å². The van der Waals surface area contributed by atoms with E-state index in [1.807, 2.05) is 18.4 Å². The molecule has 1 fully saturated rings. The smallest absolute Gasteiger partial charge is 0.253 e. The van der Waals surface area contributed by atoms with E-state index in [-0.39, 0.29) is 24.5 Å². The number of thioether (sulfide) groups is 1. The molecule has 0 aromatic heterocycles. The van der Waals surface area contributed by atoms with Gasteiger partial charge in [0, 0.05) is 23.5 Å². The number of rotatable bonds is 4. The highest BCUT2D eigenvalue weighted by Crippen LogP contribution is 2.27. The molecular weight excluding hydrogens is 282 g/mol. The fraction of sp³-hybridized carbons (Fsp3) is 0.500. The Morgan fingerprint density at radius 3 is 3.00 bits per heavy atom. The van der Waals surface area contributed by atoms with Gasteiger partial charge >= 0.3 is 0 Å². The van der Waals surface area contributed by atoms with Gasteiger partial charge in [-0.05, 0) is 37.3 Å². The maximum atomic E-state index is 12.3. The topological polar surface area (TPSA) is 49.3 Å². The van der Waals surface area contributed by atoms with Gasteiger partial charge in [0.05, 0.1) is 10.6 Å². The summed E-state index contributed by atoms with van der Waals surface area (Å²) >= 11 is 7.66. The van der Waals surface area contributed by atoms with E-state index in [0.717, 1.165) is 24.2 Å². The van der Waals surface area contributed by atoms with Gasteiger partial charge in [-0.15, -0.1) is 11.8 Å². The highest BCUT2D eigenvalue weighted by atomic mass is 35.5. The Bertz CT molecular complexity index is 467. The van der Waals surface area contributed by atoms with Crippen molar-refractivity contribution in [2.75, 3.05) is 12.9 Å². The van der Waals surface area contributed by atoms with Gasteiger partial charge in [0.15, 0.2) is 0 Å². The average Bonchev–Trinajstić information content (AvgIpc) is 2.86. The van der Waals surface area contributed by atoms with Gasteiger partial charge in [0.2, 0.25) is 0 Å². The average molecular weight is 300 g/mol. The predicted octanol–water partition coefficient (Wildman–Crippen LogP) is 2.95. The molecule has 1 aromatic carbocycles. The molecule has 2 rings (SSSR count). The number of benzene rings is 1. The summed E-state index contributed by atoms with van der Waals surface area (Å²) in [5.41, 5.74) is 0.511. The predicted molar refractivity (Wildman–Crippen MR) is 78.9 cm³/mol. The highest BCUT2D eigenvalue weighted by molar-refractivity contribution is 7.98. The van der Waals surface area contributed by atoms with E-state index in [1.165, 1.54) is 0 Å². The van der Waals surface area contributed by atoms with Crippen LogP contribution in [0.5, 0.6) is 0 Å². The van der Waals surface area contributed by atoms with Crippen LogP contribution in [0.25, 0.3) is 0 Å². The molecule has 0 spiro atoms. The molecule has 0 saturated heterocycles. The second-order valence-corrected chi connectivity index (χ2v) is 6.09. The lowest BCUT2D eigenvalue weighted by molar-refractivity contribution is 0.0916. The number of nitrogens with one attached hydrogen (secondary N) is 1. The minimum Gasteiger partial charge on any atom is -0.396 e. The van der Waals surface area contributed by atoms with Gasteiger partial charge in [-0.3, -0.25) is 4.79 Å². The van der Waals surface area contributed by atoms with Gasteiger partial charge in [-0.1, -0.05) is 18.0 Å². The van der Waals surface area contributed by atoms with Crippen LogP contribution in [0.4, 0.5) is 0 Å². The van der Waals surface area contributed by atoms with Gasteiger partial charge < -0.3 is 10.4 Å². The molecule has 19 heavy (non-hydrogen) atoms. The van der Waals surface area contributed by atoms with E-state index in [4.69, 9.17) is 11.6 Å². The van der Waals surface area contributed by atoms with Crippen LogP contribution in [-0.2, 0) is 0 Å². The van der Waals surface area contributed by atoms with Crippen molar-refractivity contribution in [3.63, 3.8) is 0 Å². The summed E-state index contributed by atoms with van der Waals surface area (Å²) in [6, 6.07) is 5.52. The second-order valence-electron chi connectivity index (χ2n) is 4.80. The van der Waals surface area contributed by atoms with Crippen LogP contribution in [0.15, 0.2) is 23.1 Å². The van der Waals surface area contributed by atoms with Crippen molar-refractivity contribution in [2.24, 2.45) is 5.92 Å². The second kappa shape index (κ2) is 6.64. The Kier molecular flexibility index (Phi) is 5.13. The maximum absolute atomic E-state index is 12.3. The lowest BCUT2D eigenvalue weighted by Gasteiger charge is -2.19. The van der Waals surface area contributed by atoms with Crippen molar-refractivity contribution in [2.45, 2.75) is 30.2 Å². The van der Waals surface area contributed by atoms with Crippen molar-refractivity contribution in [3.05, 3.63) is 28.8 Å². The van der Waals surface area contributed by atoms with Crippen molar-refractivity contribution in [3.8, 4) is 0 Å². The maximum Gasteiger partial charge on any atom is 0.253 e. The van der Waals surface area contributed by atoms with Crippen LogP contribution in [-0.4, -0.2) is 29.9 Å². The normalized spacial score (nSPS) is 22.5. The van der Waals surface area contributed by atoms with Gasteiger partial charge in [-0.25, -0.2) is 0 Å². The molecule has 0 aliphatic heterocycles. The molecule has 1 aliphatic carbocycles. The number of aliphatic hydroxyl groups excluding tert-OH is 1. The molecule has 1 amide bonds. The van der Waals surface area contributed by atoms with E-state index < -0.39 is 0 Å². The van der Waals surface area contributed by atoms with Gasteiger partial charge in [-0.2, -0.15) is 0 Å². The van der Waals surface area contributed by atoms with E-state index >= 15 is 0 Å². The van der Waals surface area contributed by atoms with E-state index in [2.05, 4.69) is 5.32 Å². The SMILES string of the molecule is CSc1ccc(Cl)c(C(=O)NC2CCCC2CO)c1. The lowest BCUT2D eigenvalue weighted by Crippen LogP contribution is -2.38. The monoisotopic (exact) mass is 299 g/mol. The van der Waals surface area contributed by atoms with E-state index in [1.54, 1.807) is 17.8 Å². The van der Waals surface area contributed by atoms with E-state index in [0.29, 0.717) is 10.6 Å². The van der Waals surface area contributed by atoms with Crippen LogP contribution >= 0.6 is 23.4 Å². The third-order valence-electron chi connectivity index (χ3n) is 3.63.